The van der Waals surface area contributed by atoms with Crippen molar-refractivity contribution in [3.63, 3.8) is 0 Å². The Kier molecular flexibility index (Phi) is 4.42. The fourth-order valence-electron chi connectivity index (χ4n) is 3.67. The summed E-state index contributed by atoms with van der Waals surface area (Å²) in [6.07, 6.45) is 1.72. The topological polar surface area (TPSA) is 80.3 Å². The highest BCUT2D eigenvalue weighted by Gasteiger charge is 2.45. The average Bonchev–Trinajstić information content (AvgIpc) is 3.28. The summed E-state index contributed by atoms with van der Waals surface area (Å²) in [5.41, 5.74) is 2.12. The van der Waals surface area contributed by atoms with Crippen molar-refractivity contribution in [1.82, 2.24) is 24.6 Å². The number of benzene rings is 1. The van der Waals surface area contributed by atoms with Crippen LogP contribution in [-0.2, 0) is 5.54 Å². The molecule has 2 amide bonds. The second-order valence-corrected chi connectivity index (χ2v) is 8.57. The number of urea groups is 1. The number of amides is 2. The van der Waals surface area contributed by atoms with E-state index in [-0.39, 0.29) is 11.9 Å². The molecule has 0 atom stereocenters. The van der Waals surface area contributed by atoms with Crippen molar-refractivity contribution < 1.29 is 9.32 Å². The molecule has 1 aromatic carbocycles. The van der Waals surface area contributed by atoms with Gasteiger partial charge < -0.3 is 9.42 Å². The van der Waals surface area contributed by atoms with Gasteiger partial charge in [0.2, 0.25) is 0 Å². The molecule has 4 rings (SSSR count). The quantitative estimate of drug-likeness (QED) is 0.619. The molecule has 0 fully saturated rings. The first-order valence-electron chi connectivity index (χ1n) is 9.36. The summed E-state index contributed by atoms with van der Waals surface area (Å²) in [6, 6.07) is 5.31. The second-order valence-electron chi connectivity index (χ2n) is 8.13. The summed E-state index contributed by atoms with van der Waals surface area (Å²) < 4.78 is 7.47. The lowest BCUT2D eigenvalue weighted by molar-refractivity contribution is 0.215. The standard InChI is InChI=1S/C20H23ClN6O2/c1-11(2)17-23-18(29-24-17)15-16-20(3,4)27(19(28)25(5)6)14-9-12(21)7-8-13(14)26(16)10-22-15/h7-11H,1-6H3. The number of nitrogens with zero attached hydrogens (tertiary/aromatic N) is 6. The molecule has 3 aromatic rings. The van der Waals surface area contributed by atoms with Gasteiger partial charge in [-0.2, -0.15) is 4.98 Å². The Bertz CT molecular complexity index is 1100. The largest absolute Gasteiger partial charge is 0.332 e. The molecule has 0 spiro atoms. The lowest BCUT2D eigenvalue weighted by atomic mass is 9.92. The van der Waals surface area contributed by atoms with Gasteiger partial charge in [-0.1, -0.05) is 30.6 Å². The highest BCUT2D eigenvalue weighted by atomic mass is 35.5. The third-order valence-corrected chi connectivity index (χ3v) is 5.31. The number of hydrogen-bond acceptors (Lipinski definition) is 5. The lowest BCUT2D eigenvalue weighted by Crippen LogP contribution is -2.53. The molecule has 9 heteroatoms. The predicted octanol–water partition coefficient (Wildman–Crippen LogP) is 4.44. The van der Waals surface area contributed by atoms with Crippen LogP contribution >= 0.6 is 11.6 Å². The minimum absolute atomic E-state index is 0.133. The SMILES string of the molecule is CC(C)c1noc(-c2ncn3c2C(C)(C)N(C(=O)N(C)C)c2cc(Cl)ccc2-3)n1. The van der Waals surface area contributed by atoms with E-state index in [9.17, 15) is 4.79 Å². The van der Waals surface area contributed by atoms with Gasteiger partial charge in [0.15, 0.2) is 11.5 Å². The highest BCUT2D eigenvalue weighted by Crippen LogP contribution is 2.46. The Hall–Kier alpha value is -2.87. The molecule has 0 N–H and O–H groups in total. The maximum atomic E-state index is 13.2. The first-order chi connectivity index (χ1) is 13.6. The van der Waals surface area contributed by atoms with Gasteiger partial charge in [0, 0.05) is 25.0 Å². The third kappa shape index (κ3) is 2.90. The first-order valence-corrected chi connectivity index (χ1v) is 9.74. The van der Waals surface area contributed by atoms with Gasteiger partial charge in [0.05, 0.1) is 22.6 Å². The van der Waals surface area contributed by atoms with Gasteiger partial charge in [0.1, 0.15) is 6.33 Å². The van der Waals surface area contributed by atoms with Crippen molar-refractivity contribution >= 4 is 23.3 Å². The van der Waals surface area contributed by atoms with Gasteiger partial charge in [-0.25, -0.2) is 9.78 Å². The zero-order chi connectivity index (χ0) is 21.1. The van der Waals surface area contributed by atoms with Crippen LogP contribution in [0.3, 0.4) is 0 Å². The van der Waals surface area contributed by atoms with Crippen LogP contribution in [-0.4, -0.2) is 44.7 Å². The smallest absolute Gasteiger partial charge is 0.324 e. The van der Waals surface area contributed by atoms with Gasteiger partial charge in [-0.15, -0.1) is 0 Å². The van der Waals surface area contributed by atoms with E-state index in [2.05, 4.69) is 15.1 Å². The van der Waals surface area contributed by atoms with Gasteiger partial charge >= 0.3 is 6.03 Å². The normalized spacial score (nSPS) is 14.7. The lowest BCUT2D eigenvalue weighted by Gasteiger charge is -2.44. The number of aromatic nitrogens is 4. The van der Waals surface area contributed by atoms with E-state index in [1.165, 1.54) is 0 Å². The van der Waals surface area contributed by atoms with Crippen molar-refractivity contribution in [3.8, 4) is 17.3 Å². The van der Waals surface area contributed by atoms with Crippen LogP contribution in [0.25, 0.3) is 17.3 Å². The maximum absolute atomic E-state index is 13.2. The maximum Gasteiger partial charge on any atom is 0.324 e. The van der Waals surface area contributed by atoms with E-state index >= 15 is 0 Å². The molecule has 0 saturated heterocycles. The van der Waals surface area contributed by atoms with Crippen LogP contribution in [0, 0.1) is 0 Å². The number of fused-ring (bicyclic) bond motifs is 3. The summed E-state index contributed by atoms with van der Waals surface area (Å²) in [5.74, 6) is 1.09. The fourth-order valence-corrected chi connectivity index (χ4v) is 3.83. The number of rotatable bonds is 2. The van der Waals surface area contributed by atoms with Crippen LogP contribution in [0.15, 0.2) is 29.0 Å². The summed E-state index contributed by atoms with van der Waals surface area (Å²) >= 11 is 6.27. The van der Waals surface area contributed by atoms with E-state index in [1.807, 2.05) is 38.3 Å². The highest BCUT2D eigenvalue weighted by molar-refractivity contribution is 6.31. The predicted molar refractivity (Wildman–Crippen MR) is 111 cm³/mol. The monoisotopic (exact) mass is 414 g/mol. The molecule has 0 radical (unpaired) electrons. The first kappa shape index (κ1) is 19.4. The molecule has 0 bridgehead atoms. The summed E-state index contributed by atoms with van der Waals surface area (Å²) in [7, 11) is 3.45. The molecule has 0 aliphatic carbocycles. The molecule has 0 unspecified atom stereocenters. The van der Waals surface area contributed by atoms with Crippen LogP contribution < -0.4 is 4.90 Å². The van der Waals surface area contributed by atoms with Crippen molar-refractivity contribution in [2.24, 2.45) is 0 Å². The van der Waals surface area contributed by atoms with E-state index in [1.54, 1.807) is 42.4 Å². The Morgan fingerprint density at radius 2 is 1.97 bits per heavy atom. The minimum atomic E-state index is -0.753. The van der Waals surface area contributed by atoms with E-state index in [0.29, 0.717) is 28.1 Å². The Labute approximate surface area is 174 Å². The number of hydrogen-bond donors (Lipinski definition) is 0. The van der Waals surface area contributed by atoms with E-state index in [0.717, 1.165) is 11.4 Å². The van der Waals surface area contributed by atoms with E-state index in [4.69, 9.17) is 16.1 Å². The zero-order valence-electron chi connectivity index (χ0n) is 17.3. The molecule has 1 aliphatic heterocycles. The average molecular weight is 415 g/mol. The summed E-state index contributed by atoms with van der Waals surface area (Å²) in [5, 5.41) is 4.62. The molecule has 3 heterocycles. The molecule has 0 saturated carbocycles. The van der Waals surface area contributed by atoms with Crippen molar-refractivity contribution in [1.29, 1.82) is 0 Å². The van der Waals surface area contributed by atoms with Gasteiger partial charge in [0.25, 0.3) is 5.89 Å². The van der Waals surface area contributed by atoms with Crippen LogP contribution in [0.4, 0.5) is 10.5 Å². The van der Waals surface area contributed by atoms with Crippen LogP contribution in [0.5, 0.6) is 0 Å². The van der Waals surface area contributed by atoms with Crippen molar-refractivity contribution in [2.75, 3.05) is 19.0 Å². The number of carbonyl (C=O) groups is 1. The van der Waals surface area contributed by atoms with Crippen molar-refractivity contribution in [3.05, 3.63) is 41.1 Å². The van der Waals surface area contributed by atoms with Crippen LogP contribution in [0.2, 0.25) is 5.02 Å². The number of carbonyl (C=O) groups excluding carboxylic acids is 1. The molecule has 1 aliphatic rings. The molecular weight excluding hydrogens is 392 g/mol. The summed E-state index contributed by atoms with van der Waals surface area (Å²) in [6.45, 7) is 7.93. The Morgan fingerprint density at radius 3 is 2.59 bits per heavy atom. The van der Waals surface area contributed by atoms with Gasteiger partial charge in [-0.05, 0) is 32.0 Å². The Morgan fingerprint density at radius 1 is 1.24 bits per heavy atom. The minimum Gasteiger partial charge on any atom is -0.332 e. The number of anilines is 1. The third-order valence-electron chi connectivity index (χ3n) is 5.08. The number of halogens is 1. The van der Waals surface area contributed by atoms with Crippen molar-refractivity contribution in [2.45, 2.75) is 39.2 Å². The van der Waals surface area contributed by atoms with Gasteiger partial charge in [-0.3, -0.25) is 9.47 Å². The van der Waals surface area contributed by atoms with Crippen LogP contribution in [0.1, 0.15) is 45.1 Å². The number of imidazole rings is 1. The zero-order valence-corrected chi connectivity index (χ0v) is 18.0. The molecular formula is C20H23ClN6O2. The molecule has 152 valence electrons. The van der Waals surface area contributed by atoms with E-state index < -0.39 is 5.54 Å². The fraction of sp³-hybridized carbons (Fsp3) is 0.400. The summed E-state index contributed by atoms with van der Waals surface area (Å²) in [4.78, 5) is 25.6. The molecule has 8 nitrogen and oxygen atoms in total. The Balaban J connectivity index is 1.98. The second kappa shape index (κ2) is 6.59. The molecule has 29 heavy (non-hydrogen) atoms. The molecule has 2 aromatic heterocycles.